The van der Waals surface area contributed by atoms with Gasteiger partial charge in [-0.3, -0.25) is 4.79 Å². The predicted octanol–water partition coefficient (Wildman–Crippen LogP) is 3.20. The van der Waals surface area contributed by atoms with E-state index in [1.807, 2.05) is 0 Å². The van der Waals surface area contributed by atoms with E-state index >= 15 is 0 Å². The molecule has 0 atom stereocenters. The van der Waals surface area contributed by atoms with Crippen molar-refractivity contribution in [1.29, 1.82) is 0 Å². The summed E-state index contributed by atoms with van der Waals surface area (Å²) < 4.78 is 28.2. The largest absolute Gasteiger partial charge is 0.481 e. The van der Waals surface area contributed by atoms with Crippen LogP contribution in [0.3, 0.4) is 0 Å². The Bertz CT molecular complexity index is 617. The summed E-state index contributed by atoms with van der Waals surface area (Å²) in [4.78, 5) is 13.5. The highest BCUT2D eigenvalue weighted by Crippen LogP contribution is 2.34. The van der Waals surface area contributed by atoms with E-state index < -0.39 is 23.0 Å². The van der Waals surface area contributed by atoms with Gasteiger partial charge in [-0.15, -0.1) is 0 Å². The lowest BCUT2D eigenvalue weighted by Gasteiger charge is -2.24. The number of aromatic nitrogens is 1. The molecule has 0 spiro atoms. The molecule has 0 aliphatic rings. The monoisotopic (exact) mass is 253 g/mol. The lowest BCUT2D eigenvalue weighted by Crippen LogP contribution is -2.24. The zero-order valence-corrected chi connectivity index (χ0v) is 10.1. The van der Waals surface area contributed by atoms with Gasteiger partial charge in [0.25, 0.3) is 0 Å². The molecule has 5 heteroatoms. The van der Waals surface area contributed by atoms with Gasteiger partial charge in [0.05, 0.1) is 11.9 Å². The van der Waals surface area contributed by atoms with Gasteiger partial charge in [-0.25, -0.2) is 8.78 Å². The number of aliphatic carboxylic acids is 1. The van der Waals surface area contributed by atoms with Crippen molar-refractivity contribution in [2.45, 2.75) is 25.7 Å². The minimum absolute atomic E-state index is 0.195. The molecule has 0 amide bonds. The smallest absolute Gasteiger partial charge is 0.304 e. The van der Waals surface area contributed by atoms with Gasteiger partial charge in [0, 0.05) is 22.6 Å². The summed E-state index contributed by atoms with van der Waals surface area (Å²) in [6.45, 7) is 3.02. The molecule has 96 valence electrons. The summed E-state index contributed by atoms with van der Waals surface area (Å²) >= 11 is 0. The van der Waals surface area contributed by atoms with E-state index in [2.05, 4.69) is 4.98 Å². The predicted molar refractivity (Wildman–Crippen MR) is 63.5 cm³/mol. The highest BCUT2D eigenvalue weighted by atomic mass is 19.1. The third kappa shape index (κ3) is 1.96. The van der Waals surface area contributed by atoms with Crippen LogP contribution < -0.4 is 0 Å². The van der Waals surface area contributed by atoms with Crippen LogP contribution in [-0.4, -0.2) is 16.1 Å². The molecule has 3 nitrogen and oxygen atoms in total. The molecule has 2 rings (SSSR count). The average Bonchev–Trinajstić information content (AvgIpc) is 2.62. The molecule has 0 unspecified atom stereocenters. The third-order valence-corrected chi connectivity index (χ3v) is 3.01. The Balaban J connectivity index is 2.66. The van der Waals surface area contributed by atoms with Gasteiger partial charge in [-0.1, -0.05) is 13.8 Å². The average molecular weight is 253 g/mol. The van der Waals surface area contributed by atoms with Gasteiger partial charge in [0.15, 0.2) is 5.82 Å². The molecule has 0 saturated heterocycles. The molecule has 1 aromatic carbocycles. The van der Waals surface area contributed by atoms with Gasteiger partial charge < -0.3 is 10.1 Å². The second kappa shape index (κ2) is 4.08. The summed E-state index contributed by atoms with van der Waals surface area (Å²) in [5, 5.41) is 9.24. The normalized spacial score (nSPS) is 12.0. The van der Waals surface area contributed by atoms with Crippen LogP contribution in [-0.2, 0) is 10.2 Å². The molecule has 0 aliphatic heterocycles. The Kier molecular flexibility index (Phi) is 2.84. The number of hydrogen-bond donors (Lipinski definition) is 2. The zero-order chi connectivity index (χ0) is 13.5. The number of benzene rings is 1. The van der Waals surface area contributed by atoms with Gasteiger partial charge in [-0.05, 0) is 12.1 Å². The number of rotatable bonds is 3. The standard InChI is InChI=1S/C13H13F2NO2/c1-13(2,6-9(17)18)10-8(14)5-7-3-4-16-12(7)11(10)15/h3-5,16H,6H2,1-2H3,(H,17,18). The van der Waals surface area contributed by atoms with Crippen molar-refractivity contribution >= 4 is 16.9 Å². The van der Waals surface area contributed by atoms with Crippen molar-refractivity contribution in [3.05, 3.63) is 35.5 Å². The van der Waals surface area contributed by atoms with Crippen LogP contribution in [0.25, 0.3) is 10.9 Å². The van der Waals surface area contributed by atoms with Crippen molar-refractivity contribution in [2.75, 3.05) is 0 Å². The van der Waals surface area contributed by atoms with Crippen LogP contribution in [0.5, 0.6) is 0 Å². The summed E-state index contributed by atoms with van der Waals surface area (Å²) in [5.41, 5.74) is -1.11. The van der Waals surface area contributed by atoms with Crippen molar-refractivity contribution in [2.24, 2.45) is 0 Å². The number of carboxylic acid groups (broad SMARTS) is 1. The number of hydrogen-bond acceptors (Lipinski definition) is 1. The van der Waals surface area contributed by atoms with Crippen LogP contribution in [0, 0.1) is 11.6 Å². The molecular formula is C13H13F2NO2. The van der Waals surface area contributed by atoms with Gasteiger partial charge in [-0.2, -0.15) is 0 Å². The second-order valence-corrected chi connectivity index (χ2v) is 4.94. The SMILES string of the molecule is CC(C)(CC(=O)O)c1c(F)cc2cc[nH]c2c1F. The molecule has 0 aliphatic carbocycles. The Morgan fingerprint density at radius 3 is 2.72 bits per heavy atom. The van der Waals surface area contributed by atoms with Crippen molar-refractivity contribution in [1.82, 2.24) is 4.98 Å². The number of carbonyl (C=O) groups is 1. The fourth-order valence-electron chi connectivity index (χ4n) is 2.22. The molecule has 18 heavy (non-hydrogen) atoms. The van der Waals surface area contributed by atoms with Gasteiger partial charge >= 0.3 is 5.97 Å². The maximum absolute atomic E-state index is 14.2. The van der Waals surface area contributed by atoms with Crippen LogP contribution in [0.1, 0.15) is 25.8 Å². The van der Waals surface area contributed by atoms with E-state index in [0.29, 0.717) is 5.39 Å². The first kappa shape index (κ1) is 12.5. The summed E-state index contributed by atoms with van der Waals surface area (Å²) in [6.07, 6.45) is 1.17. The van der Waals surface area contributed by atoms with Crippen LogP contribution >= 0.6 is 0 Å². The molecule has 1 heterocycles. The van der Waals surface area contributed by atoms with Crippen LogP contribution in [0.2, 0.25) is 0 Å². The fraction of sp³-hybridized carbons (Fsp3) is 0.308. The van der Waals surface area contributed by atoms with E-state index in [1.165, 1.54) is 26.1 Å². The first-order valence-corrected chi connectivity index (χ1v) is 5.50. The molecule has 0 bridgehead atoms. The summed E-state index contributed by atoms with van der Waals surface area (Å²) in [5.74, 6) is -2.53. The molecule has 1 aromatic heterocycles. The first-order valence-electron chi connectivity index (χ1n) is 5.50. The topological polar surface area (TPSA) is 53.1 Å². The number of carboxylic acids is 1. The van der Waals surface area contributed by atoms with Crippen molar-refractivity contribution in [3.8, 4) is 0 Å². The molecule has 0 fully saturated rings. The zero-order valence-electron chi connectivity index (χ0n) is 10.1. The summed E-state index contributed by atoms with van der Waals surface area (Å²) in [7, 11) is 0. The Morgan fingerprint density at radius 2 is 2.11 bits per heavy atom. The molecule has 0 radical (unpaired) electrons. The Hall–Kier alpha value is -1.91. The Labute approximate surface area is 102 Å². The molecule has 0 saturated carbocycles. The van der Waals surface area contributed by atoms with E-state index in [4.69, 9.17) is 5.11 Å². The first-order chi connectivity index (χ1) is 8.33. The minimum Gasteiger partial charge on any atom is -0.481 e. The fourth-order valence-corrected chi connectivity index (χ4v) is 2.22. The number of nitrogens with one attached hydrogen (secondary N) is 1. The van der Waals surface area contributed by atoms with Crippen LogP contribution in [0.15, 0.2) is 18.3 Å². The molecular weight excluding hydrogens is 240 g/mol. The van der Waals surface area contributed by atoms with Gasteiger partial charge in [0.1, 0.15) is 5.82 Å². The van der Waals surface area contributed by atoms with Crippen LogP contribution in [0.4, 0.5) is 8.78 Å². The molecule has 2 N–H and O–H groups in total. The van der Waals surface area contributed by atoms with E-state index in [-0.39, 0.29) is 17.5 Å². The quantitative estimate of drug-likeness (QED) is 0.882. The third-order valence-electron chi connectivity index (χ3n) is 3.01. The second-order valence-electron chi connectivity index (χ2n) is 4.94. The maximum atomic E-state index is 14.2. The maximum Gasteiger partial charge on any atom is 0.304 e. The number of H-pyrrole nitrogens is 1. The van der Waals surface area contributed by atoms with E-state index in [0.717, 1.165) is 0 Å². The van der Waals surface area contributed by atoms with Crippen molar-refractivity contribution < 1.29 is 18.7 Å². The minimum atomic E-state index is -1.11. The van der Waals surface area contributed by atoms with E-state index in [1.54, 1.807) is 6.07 Å². The number of halogens is 2. The van der Waals surface area contributed by atoms with Gasteiger partial charge in [0.2, 0.25) is 0 Å². The molecule has 2 aromatic rings. The Morgan fingerprint density at radius 1 is 1.44 bits per heavy atom. The number of fused-ring (bicyclic) bond motifs is 1. The van der Waals surface area contributed by atoms with Crippen molar-refractivity contribution in [3.63, 3.8) is 0 Å². The lowest BCUT2D eigenvalue weighted by molar-refractivity contribution is -0.138. The summed E-state index contributed by atoms with van der Waals surface area (Å²) in [6, 6.07) is 2.78. The number of aromatic amines is 1. The lowest BCUT2D eigenvalue weighted by atomic mass is 9.80. The van der Waals surface area contributed by atoms with E-state index in [9.17, 15) is 13.6 Å². The highest BCUT2D eigenvalue weighted by Gasteiger charge is 2.31. The highest BCUT2D eigenvalue weighted by molar-refractivity contribution is 5.81.